The van der Waals surface area contributed by atoms with Gasteiger partial charge in [-0.25, -0.2) is 9.78 Å². The lowest BCUT2D eigenvalue weighted by Crippen LogP contribution is -2.33. The summed E-state index contributed by atoms with van der Waals surface area (Å²) in [6, 6.07) is 2.90. The van der Waals surface area contributed by atoms with Gasteiger partial charge >= 0.3 is 5.97 Å². The van der Waals surface area contributed by atoms with E-state index in [4.69, 9.17) is 5.11 Å². The van der Waals surface area contributed by atoms with Crippen molar-refractivity contribution in [1.29, 1.82) is 0 Å². The van der Waals surface area contributed by atoms with E-state index in [1.165, 1.54) is 12.3 Å². The highest BCUT2D eigenvalue weighted by Gasteiger charge is 2.18. The molecule has 1 fully saturated rings. The molecule has 0 aliphatic carbocycles. The molecule has 1 aliphatic rings. The maximum Gasteiger partial charge on any atom is 0.354 e. The first kappa shape index (κ1) is 12.9. The van der Waals surface area contributed by atoms with Gasteiger partial charge in [-0.3, -0.25) is 4.79 Å². The van der Waals surface area contributed by atoms with Gasteiger partial charge in [-0.15, -0.1) is 0 Å². The lowest BCUT2D eigenvalue weighted by Gasteiger charge is -2.19. The number of carboxylic acid groups (broad SMARTS) is 1. The van der Waals surface area contributed by atoms with Gasteiger partial charge in [-0.05, 0) is 24.3 Å². The molecule has 18 heavy (non-hydrogen) atoms. The molecule has 2 heterocycles. The number of pyridine rings is 1. The highest BCUT2D eigenvalue weighted by molar-refractivity contribution is 7.99. The minimum Gasteiger partial charge on any atom is -0.477 e. The van der Waals surface area contributed by atoms with Crippen molar-refractivity contribution in [3.8, 4) is 0 Å². The van der Waals surface area contributed by atoms with Crippen LogP contribution in [0.4, 0.5) is 0 Å². The number of thioether (sulfide) groups is 1. The van der Waals surface area contributed by atoms with Crippen LogP contribution in [0.25, 0.3) is 0 Å². The Morgan fingerprint density at radius 3 is 2.94 bits per heavy atom. The van der Waals surface area contributed by atoms with Gasteiger partial charge in [0.1, 0.15) is 5.69 Å². The fraction of sp³-hybridized carbons (Fsp3) is 0.417. The minimum absolute atomic E-state index is 0.0925. The summed E-state index contributed by atoms with van der Waals surface area (Å²) in [5, 5.41) is 8.86. The average molecular weight is 266 g/mol. The van der Waals surface area contributed by atoms with Crippen LogP contribution in [-0.4, -0.2) is 51.5 Å². The molecule has 0 aromatic carbocycles. The molecule has 6 heteroatoms. The van der Waals surface area contributed by atoms with Gasteiger partial charge in [0.2, 0.25) is 0 Å². The molecule has 1 aromatic rings. The Labute approximate surface area is 109 Å². The van der Waals surface area contributed by atoms with Crippen molar-refractivity contribution >= 4 is 23.6 Å². The number of carbonyl (C=O) groups is 2. The van der Waals surface area contributed by atoms with Gasteiger partial charge in [0, 0.05) is 30.6 Å². The molecule has 5 nitrogen and oxygen atoms in total. The summed E-state index contributed by atoms with van der Waals surface area (Å²) < 4.78 is 0. The van der Waals surface area contributed by atoms with Crippen LogP contribution in [0.15, 0.2) is 18.3 Å². The maximum atomic E-state index is 12.2. The molecule has 2 rings (SSSR count). The SMILES string of the molecule is O=C(O)c1cc(C(=O)N2CCCSCC2)ccn1. The van der Waals surface area contributed by atoms with Crippen molar-refractivity contribution in [2.24, 2.45) is 0 Å². The minimum atomic E-state index is -1.11. The van der Waals surface area contributed by atoms with E-state index in [1.54, 1.807) is 11.0 Å². The predicted octanol–water partition coefficient (Wildman–Crippen LogP) is 1.36. The Bertz CT molecular complexity index is 456. The Hall–Kier alpha value is -1.56. The van der Waals surface area contributed by atoms with E-state index in [1.807, 2.05) is 11.8 Å². The number of rotatable bonds is 2. The Kier molecular flexibility index (Phi) is 4.19. The number of aromatic carboxylic acids is 1. The van der Waals surface area contributed by atoms with E-state index < -0.39 is 5.97 Å². The zero-order valence-electron chi connectivity index (χ0n) is 9.83. The molecule has 0 unspecified atom stereocenters. The Balaban J connectivity index is 2.16. The van der Waals surface area contributed by atoms with Gasteiger partial charge in [0.05, 0.1) is 0 Å². The van der Waals surface area contributed by atoms with Crippen molar-refractivity contribution in [2.75, 3.05) is 24.6 Å². The molecule has 1 amide bonds. The first-order valence-electron chi connectivity index (χ1n) is 5.75. The third-order valence-corrected chi connectivity index (χ3v) is 3.78. The average Bonchev–Trinajstić information content (AvgIpc) is 2.67. The van der Waals surface area contributed by atoms with Gasteiger partial charge in [-0.2, -0.15) is 11.8 Å². The van der Waals surface area contributed by atoms with Gasteiger partial charge in [0.15, 0.2) is 0 Å². The number of carbonyl (C=O) groups excluding carboxylic acids is 1. The predicted molar refractivity (Wildman–Crippen MR) is 69.0 cm³/mol. The van der Waals surface area contributed by atoms with Crippen LogP contribution < -0.4 is 0 Å². The molecular weight excluding hydrogens is 252 g/mol. The van der Waals surface area contributed by atoms with Crippen LogP contribution in [0.1, 0.15) is 27.3 Å². The van der Waals surface area contributed by atoms with E-state index in [0.29, 0.717) is 12.1 Å². The Morgan fingerprint density at radius 2 is 2.17 bits per heavy atom. The topological polar surface area (TPSA) is 70.5 Å². The van der Waals surface area contributed by atoms with Crippen molar-refractivity contribution < 1.29 is 14.7 Å². The summed E-state index contributed by atoms with van der Waals surface area (Å²) in [7, 11) is 0. The van der Waals surface area contributed by atoms with Crippen molar-refractivity contribution in [2.45, 2.75) is 6.42 Å². The van der Waals surface area contributed by atoms with E-state index in [-0.39, 0.29) is 11.6 Å². The molecule has 1 aliphatic heterocycles. The van der Waals surface area contributed by atoms with E-state index >= 15 is 0 Å². The molecule has 0 spiro atoms. The number of amides is 1. The molecule has 0 bridgehead atoms. The number of carboxylic acids is 1. The summed E-state index contributed by atoms with van der Waals surface area (Å²) in [5.41, 5.74) is 0.305. The highest BCUT2D eigenvalue weighted by Crippen LogP contribution is 2.13. The molecule has 1 saturated heterocycles. The number of hydrogen-bond donors (Lipinski definition) is 1. The van der Waals surface area contributed by atoms with Crippen LogP contribution in [0.5, 0.6) is 0 Å². The molecule has 0 saturated carbocycles. The normalized spacial score (nSPS) is 16.1. The van der Waals surface area contributed by atoms with Crippen molar-refractivity contribution in [3.63, 3.8) is 0 Å². The fourth-order valence-corrected chi connectivity index (χ4v) is 2.70. The quantitative estimate of drug-likeness (QED) is 0.875. The second-order valence-electron chi connectivity index (χ2n) is 3.99. The number of nitrogens with zero attached hydrogens (tertiary/aromatic N) is 2. The summed E-state index contributed by atoms with van der Waals surface area (Å²) in [5.74, 6) is 0.779. The second-order valence-corrected chi connectivity index (χ2v) is 5.22. The van der Waals surface area contributed by atoms with Gasteiger partial charge < -0.3 is 10.0 Å². The maximum absolute atomic E-state index is 12.2. The van der Waals surface area contributed by atoms with Crippen LogP contribution in [-0.2, 0) is 0 Å². The Morgan fingerprint density at radius 1 is 1.33 bits per heavy atom. The standard InChI is InChI=1S/C12H14N2O3S/c15-11(14-4-1-6-18-7-5-14)9-2-3-13-10(8-9)12(16)17/h2-3,8H,1,4-7H2,(H,16,17). The molecule has 1 N–H and O–H groups in total. The number of aromatic nitrogens is 1. The van der Waals surface area contributed by atoms with Crippen molar-refractivity contribution in [1.82, 2.24) is 9.88 Å². The van der Waals surface area contributed by atoms with Crippen LogP contribution in [0.2, 0.25) is 0 Å². The molecule has 96 valence electrons. The van der Waals surface area contributed by atoms with Gasteiger partial charge in [-0.1, -0.05) is 0 Å². The largest absolute Gasteiger partial charge is 0.477 e. The summed E-state index contributed by atoms with van der Waals surface area (Å²) in [6.07, 6.45) is 2.34. The van der Waals surface area contributed by atoms with E-state index in [0.717, 1.165) is 24.5 Å². The van der Waals surface area contributed by atoms with Crippen LogP contribution >= 0.6 is 11.8 Å². The molecule has 1 aromatic heterocycles. The fourth-order valence-electron chi connectivity index (χ4n) is 1.81. The number of hydrogen-bond acceptors (Lipinski definition) is 4. The molecular formula is C12H14N2O3S. The summed E-state index contributed by atoms with van der Waals surface area (Å²) >= 11 is 1.84. The van der Waals surface area contributed by atoms with Gasteiger partial charge in [0.25, 0.3) is 5.91 Å². The lowest BCUT2D eigenvalue weighted by molar-refractivity contribution is 0.0690. The zero-order chi connectivity index (χ0) is 13.0. The van der Waals surface area contributed by atoms with E-state index in [9.17, 15) is 9.59 Å². The second kappa shape index (κ2) is 5.86. The van der Waals surface area contributed by atoms with Crippen LogP contribution in [0.3, 0.4) is 0 Å². The summed E-state index contributed by atoms with van der Waals surface area (Å²) in [4.78, 5) is 28.5. The third kappa shape index (κ3) is 3.01. The molecule has 0 atom stereocenters. The smallest absolute Gasteiger partial charge is 0.354 e. The first-order valence-corrected chi connectivity index (χ1v) is 6.90. The van der Waals surface area contributed by atoms with E-state index in [2.05, 4.69) is 4.98 Å². The summed E-state index contributed by atoms with van der Waals surface area (Å²) in [6.45, 7) is 1.45. The van der Waals surface area contributed by atoms with Crippen LogP contribution in [0, 0.1) is 0 Å². The lowest BCUT2D eigenvalue weighted by atomic mass is 10.2. The first-order chi connectivity index (χ1) is 8.68. The third-order valence-electron chi connectivity index (χ3n) is 2.74. The monoisotopic (exact) mass is 266 g/mol. The highest BCUT2D eigenvalue weighted by atomic mass is 32.2. The zero-order valence-corrected chi connectivity index (χ0v) is 10.7. The molecule has 0 radical (unpaired) electrons. The van der Waals surface area contributed by atoms with Crippen molar-refractivity contribution in [3.05, 3.63) is 29.6 Å².